The molecule has 7 nitrogen and oxygen atoms in total. The molecule has 106 valence electrons. The standard InChI is InChI=1S/C11H15N3.H2O4S/c12-14-8-13-7-9-5-10-3-1-2-4-11(10)6-9;1-5(2,3)4/h1-4,8-9H,5-7,12H2,(H,13,14);(H2,1,2,3,4). The molecule has 0 atom stereocenters. The van der Waals surface area contributed by atoms with Crippen molar-refractivity contribution in [3.8, 4) is 0 Å². The van der Waals surface area contributed by atoms with Gasteiger partial charge in [0.1, 0.15) is 0 Å². The molecule has 0 bridgehead atoms. The van der Waals surface area contributed by atoms with Gasteiger partial charge >= 0.3 is 10.4 Å². The van der Waals surface area contributed by atoms with Crippen LogP contribution in [-0.2, 0) is 23.2 Å². The Kier molecular flexibility index (Phi) is 5.90. The van der Waals surface area contributed by atoms with Crippen LogP contribution in [0.3, 0.4) is 0 Å². The van der Waals surface area contributed by atoms with Gasteiger partial charge in [0.25, 0.3) is 0 Å². The van der Waals surface area contributed by atoms with Gasteiger partial charge in [-0.15, -0.1) is 0 Å². The van der Waals surface area contributed by atoms with Crippen LogP contribution >= 0.6 is 0 Å². The lowest BCUT2D eigenvalue weighted by Gasteiger charge is -2.02. The van der Waals surface area contributed by atoms with E-state index in [4.69, 9.17) is 23.4 Å². The maximum atomic E-state index is 8.74. The summed E-state index contributed by atoms with van der Waals surface area (Å²) in [6.07, 6.45) is 3.86. The first-order valence-corrected chi connectivity index (χ1v) is 7.01. The van der Waals surface area contributed by atoms with E-state index < -0.39 is 10.4 Å². The largest absolute Gasteiger partial charge is 0.394 e. The van der Waals surface area contributed by atoms with Crippen molar-refractivity contribution >= 4 is 16.7 Å². The molecule has 0 heterocycles. The third kappa shape index (κ3) is 6.87. The van der Waals surface area contributed by atoms with Gasteiger partial charge < -0.3 is 5.43 Å². The van der Waals surface area contributed by atoms with Crippen molar-refractivity contribution < 1.29 is 17.5 Å². The molecule has 19 heavy (non-hydrogen) atoms. The Balaban J connectivity index is 0.000000312. The van der Waals surface area contributed by atoms with Gasteiger partial charge in [-0.1, -0.05) is 24.3 Å². The second kappa shape index (κ2) is 7.19. The van der Waals surface area contributed by atoms with E-state index in [1.165, 1.54) is 11.1 Å². The summed E-state index contributed by atoms with van der Waals surface area (Å²) in [7, 11) is -4.67. The third-order valence-electron chi connectivity index (χ3n) is 2.66. The van der Waals surface area contributed by atoms with E-state index in [1.807, 2.05) is 0 Å². The van der Waals surface area contributed by atoms with Crippen LogP contribution in [0.5, 0.6) is 0 Å². The fourth-order valence-electron chi connectivity index (χ4n) is 2.03. The quantitative estimate of drug-likeness (QED) is 0.207. The number of hydrogen-bond donors (Lipinski definition) is 4. The van der Waals surface area contributed by atoms with E-state index >= 15 is 0 Å². The predicted octanol–water partition coefficient (Wildman–Crippen LogP) is 0.240. The predicted molar refractivity (Wildman–Crippen MR) is 72.2 cm³/mol. The molecule has 0 amide bonds. The molecule has 0 unspecified atom stereocenters. The molecule has 2 rings (SSSR count). The number of hydrazine groups is 1. The smallest absolute Gasteiger partial charge is 0.315 e. The van der Waals surface area contributed by atoms with E-state index in [2.05, 4.69) is 34.7 Å². The Hall–Kier alpha value is -1.48. The molecule has 0 radical (unpaired) electrons. The summed E-state index contributed by atoms with van der Waals surface area (Å²) < 4.78 is 31.6. The van der Waals surface area contributed by atoms with Gasteiger partial charge in [0.2, 0.25) is 0 Å². The summed E-state index contributed by atoms with van der Waals surface area (Å²) in [6.45, 7) is 0.860. The Morgan fingerprint density at radius 3 is 2.21 bits per heavy atom. The number of nitrogens with zero attached hydrogens (tertiary/aromatic N) is 1. The van der Waals surface area contributed by atoms with Crippen LogP contribution in [0.1, 0.15) is 11.1 Å². The Bertz CT molecular complexity index is 497. The fourth-order valence-corrected chi connectivity index (χ4v) is 2.03. The first kappa shape index (κ1) is 15.6. The average molecular weight is 287 g/mol. The van der Waals surface area contributed by atoms with Gasteiger partial charge in [-0.3, -0.25) is 14.1 Å². The summed E-state index contributed by atoms with van der Waals surface area (Å²) in [6, 6.07) is 8.62. The van der Waals surface area contributed by atoms with E-state index in [9.17, 15) is 0 Å². The van der Waals surface area contributed by atoms with Gasteiger partial charge in [0, 0.05) is 6.54 Å². The van der Waals surface area contributed by atoms with Gasteiger partial charge in [-0.25, -0.2) is 5.84 Å². The Morgan fingerprint density at radius 1 is 1.32 bits per heavy atom. The number of nitrogens with two attached hydrogens (primary N) is 1. The summed E-state index contributed by atoms with van der Waals surface area (Å²) in [5.74, 6) is 5.75. The molecule has 1 aromatic rings. The van der Waals surface area contributed by atoms with Gasteiger partial charge in [0.05, 0.1) is 6.34 Å². The van der Waals surface area contributed by atoms with Crippen molar-refractivity contribution in [2.24, 2.45) is 16.8 Å². The van der Waals surface area contributed by atoms with Crippen LogP contribution in [0.25, 0.3) is 0 Å². The van der Waals surface area contributed by atoms with Crippen molar-refractivity contribution in [1.29, 1.82) is 0 Å². The molecular formula is C11H17N3O4S. The molecule has 0 saturated heterocycles. The third-order valence-corrected chi connectivity index (χ3v) is 2.66. The minimum absolute atomic E-state index is 0.650. The zero-order valence-electron chi connectivity index (χ0n) is 10.2. The Labute approximate surface area is 112 Å². The number of fused-ring (bicyclic) bond motifs is 1. The van der Waals surface area contributed by atoms with E-state index in [1.54, 1.807) is 6.34 Å². The van der Waals surface area contributed by atoms with Crippen molar-refractivity contribution in [2.45, 2.75) is 12.8 Å². The van der Waals surface area contributed by atoms with Crippen LogP contribution < -0.4 is 11.3 Å². The molecule has 0 aromatic heterocycles. The van der Waals surface area contributed by atoms with Crippen LogP contribution in [0.2, 0.25) is 0 Å². The lowest BCUT2D eigenvalue weighted by Crippen LogP contribution is -2.20. The van der Waals surface area contributed by atoms with Gasteiger partial charge in [0.15, 0.2) is 0 Å². The second-order valence-corrected chi connectivity index (χ2v) is 5.05. The summed E-state index contributed by atoms with van der Waals surface area (Å²) in [4.78, 5) is 4.19. The van der Waals surface area contributed by atoms with Gasteiger partial charge in [-0.2, -0.15) is 8.42 Å². The van der Waals surface area contributed by atoms with Crippen molar-refractivity contribution in [3.05, 3.63) is 35.4 Å². The second-order valence-electron chi connectivity index (χ2n) is 4.15. The SMILES string of the molecule is NNC=NCC1Cc2ccccc2C1.O=S(=O)(O)O. The van der Waals surface area contributed by atoms with Crippen LogP contribution in [0, 0.1) is 5.92 Å². The van der Waals surface area contributed by atoms with E-state index in [-0.39, 0.29) is 0 Å². The molecule has 1 aliphatic carbocycles. The minimum Gasteiger partial charge on any atom is -0.315 e. The number of aliphatic imine (C=N–C) groups is 1. The molecule has 5 N–H and O–H groups in total. The van der Waals surface area contributed by atoms with Gasteiger partial charge in [-0.05, 0) is 29.9 Å². The van der Waals surface area contributed by atoms with Crippen molar-refractivity contribution in [1.82, 2.24) is 5.43 Å². The molecule has 1 aliphatic rings. The molecule has 0 aliphatic heterocycles. The molecule has 0 spiro atoms. The molecular weight excluding hydrogens is 270 g/mol. The lowest BCUT2D eigenvalue weighted by atomic mass is 10.1. The lowest BCUT2D eigenvalue weighted by molar-refractivity contribution is 0.381. The topological polar surface area (TPSA) is 125 Å². The minimum atomic E-state index is -4.67. The fraction of sp³-hybridized carbons (Fsp3) is 0.364. The molecule has 1 aromatic carbocycles. The van der Waals surface area contributed by atoms with E-state index in [0.29, 0.717) is 5.92 Å². The Morgan fingerprint density at radius 2 is 1.79 bits per heavy atom. The summed E-state index contributed by atoms with van der Waals surface area (Å²) in [5.41, 5.74) is 5.38. The summed E-state index contributed by atoms with van der Waals surface area (Å²) in [5, 5.41) is 0. The molecule has 0 fully saturated rings. The molecule has 0 saturated carbocycles. The van der Waals surface area contributed by atoms with Crippen molar-refractivity contribution in [3.63, 3.8) is 0 Å². The normalized spacial score (nSPS) is 14.9. The monoisotopic (exact) mass is 287 g/mol. The highest BCUT2D eigenvalue weighted by molar-refractivity contribution is 7.79. The van der Waals surface area contributed by atoms with Crippen LogP contribution in [0.4, 0.5) is 0 Å². The molecule has 8 heteroatoms. The first-order chi connectivity index (χ1) is 8.90. The highest BCUT2D eigenvalue weighted by Gasteiger charge is 2.19. The number of rotatable bonds is 3. The number of benzene rings is 1. The summed E-state index contributed by atoms with van der Waals surface area (Å²) >= 11 is 0. The van der Waals surface area contributed by atoms with Crippen LogP contribution in [0.15, 0.2) is 29.3 Å². The zero-order chi connectivity index (χ0) is 14.3. The first-order valence-electron chi connectivity index (χ1n) is 5.61. The maximum Gasteiger partial charge on any atom is 0.394 e. The number of nitrogens with one attached hydrogen (secondary N) is 1. The van der Waals surface area contributed by atoms with Crippen LogP contribution in [-0.4, -0.2) is 30.4 Å². The maximum absolute atomic E-state index is 8.74. The van der Waals surface area contributed by atoms with Crippen molar-refractivity contribution in [2.75, 3.05) is 6.54 Å². The zero-order valence-corrected chi connectivity index (χ0v) is 11.0. The highest BCUT2D eigenvalue weighted by Crippen LogP contribution is 2.26. The van der Waals surface area contributed by atoms with E-state index in [0.717, 1.165) is 19.4 Å². The highest BCUT2D eigenvalue weighted by atomic mass is 32.3. The number of hydrogen-bond acceptors (Lipinski definition) is 4. The average Bonchev–Trinajstić information content (AvgIpc) is 2.69.